The number of hydrogen-bond acceptors (Lipinski definition) is 6. The summed E-state index contributed by atoms with van der Waals surface area (Å²) in [7, 11) is 1.57. The van der Waals surface area contributed by atoms with E-state index in [0.29, 0.717) is 24.0 Å². The number of hydrogen-bond donors (Lipinski definition) is 1. The molecule has 6 nitrogen and oxygen atoms in total. The molecule has 1 N–H and O–H groups in total. The molecule has 0 radical (unpaired) electrons. The van der Waals surface area contributed by atoms with E-state index in [1.165, 1.54) is 6.26 Å². The second kappa shape index (κ2) is 6.59. The number of carbonyl (C=O) groups excluding carboxylic acids is 1. The lowest BCUT2D eigenvalue weighted by Crippen LogP contribution is -2.22. The number of amides is 1. The summed E-state index contributed by atoms with van der Waals surface area (Å²) in [6, 6.07) is 7.19. The highest BCUT2D eigenvalue weighted by Gasteiger charge is 2.13. The minimum Gasteiger partial charge on any atom is -0.453 e. The molecule has 114 valence electrons. The predicted octanol–water partition coefficient (Wildman–Crippen LogP) is 3.07. The number of ether oxygens (including phenoxy) is 1. The van der Waals surface area contributed by atoms with Gasteiger partial charge in [0.15, 0.2) is 5.76 Å². The number of carbonyl (C=O) groups is 1. The summed E-state index contributed by atoms with van der Waals surface area (Å²) in [6.45, 7) is 0.606. The van der Waals surface area contributed by atoms with Crippen molar-refractivity contribution in [2.24, 2.45) is 0 Å². The fourth-order valence-corrected chi connectivity index (χ4v) is 2.53. The maximum atomic E-state index is 12.0. The average molecular weight is 318 g/mol. The molecule has 3 aromatic rings. The Hall–Kier alpha value is -2.38. The van der Waals surface area contributed by atoms with Gasteiger partial charge in [-0.3, -0.25) is 4.79 Å². The number of rotatable bonds is 6. The molecular weight excluding hydrogens is 304 g/mol. The van der Waals surface area contributed by atoms with Crippen molar-refractivity contribution >= 4 is 17.2 Å². The van der Waals surface area contributed by atoms with Crippen molar-refractivity contribution in [1.82, 2.24) is 10.3 Å². The molecule has 3 aromatic heterocycles. The van der Waals surface area contributed by atoms with E-state index in [-0.39, 0.29) is 18.2 Å². The largest absolute Gasteiger partial charge is 0.453 e. The molecule has 0 spiro atoms. The Morgan fingerprint density at radius 1 is 1.41 bits per heavy atom. The van der Waals surface area contributed by atoms with Crippen molar-refractivity contribution in [2.75, 3.05) is 7.11 Å². The van der Waals surface area contributed by atoms with Crippen molar-refractivity contribution in [2.45, 2.75) is 13.2 Å². The van der Waals surface area contributed by atoms with Gasteiger partial charge in [-0.15, -0.1) is 11.3 Å². The molecule has 0 fully saturated rings. The first-order valence-electron chi connectivity index (χ1n) is 6.60. The predicted molar refractivity (Wildman–Crippen MR) is 80.4 cm³/mol. The van der Waals surface area contributed by atoms with E-state index in [1.54, 1.807) is 30.6 Å². The molecule has 0 aliphatic rings. The minimum absolute atomic E-state index is 0.244. The molecule has 7 heteroatoms. The Morgan fingerprint density at radius 3 is 3.09 bits per heavy atom. The summed E-state index contributed by atoms with van der Waals surface area (Å²) >= 11 is 1.55. The summed E-state index contributed by atoms with van der Waals surface area (Å²) in [6.07, 6.45) is 1.54. The highest BCUT2D eigenvalue weighted by Crippen LogP contribution is 2.23. The van der Waals surface area contributed by atoms with Crippen molar-refractivity contribution in [3.63, 3.8) is 0 Å². The number of oxazole rings is 1. The summed E-state index contributed by atoms with van der Waals surface area (Å²) in [5, 5.41) is 4.69. The molecule has 0 aromatic carbocycles. The number of aromatic nitrogens is 1. The molecule has 0 unspecified atom stereocenters. The molecule has 0 atom stereocenters. The van der Waals surface area contributed by atoms with Crippen LogP contribution in [-0.2, 0) is 17.9 Å². The van der Waals surface area contributed by atoms with Gasteiger partial charge in [0, 0.05) is 7.11 Å². The highest BCUT2D eigenvalue weighted by molar-refractivity contribution is 7.13. The van der Waals surface area contributed by atoms with Crippen molar-refractivity contribution in [3.05, 3.63) is 53.1 Å². The van der Waals surface area contributed by atoms with Crippen LogP contribution in [0.5, 0.6) is 0 Å². The Morgan fingerprint density at radius 2 is 2.32 bits per heavy atom. The van der Waals surface area contributed by atoms with Crippen LogP contribution in [0.4, 0.5) is 0 Å². The van der Waals surface area contributed by atoms with Crippen LogP contribution in [0.15, 0.2) is 44.7 Å². The van der Waals surface area contributed by atoms with Gasteiger partial charge < -0.3 is 18.9 Å². The normalized spacial score (nSPS) is 10.8. The number of furan rings is 1. The van der Waals surface area contributed by atoms with Crippen LogP contribution in [0.2, 0.25) is 0 Å². The first-order valence-corrected chi connectivity index (χ1v) is 7.48. The second-order valence-electron chi connectivity index (χ2n) is 4.50. The zero-order valence-corrected chi connectivity index (χ0v) is 12.7. The van der Waals surface area contributed by atoms with Gasteiger partial charge in [-0.25, -0.2) is 4.98 Å². The van der Waals surface area contributed by atoms with Gasteiger partial charge in [0.05, 0.1) is 17.1 Å². The van der Waals surface area contributed by atoms with Gasteiger partial charge in [0.1, 0.15) is 18.6 Å². The smallest absolute Gasteiger partial charge is 0.287 e. The third-order valence-corrected chi connectivity index (χ3v) is 3.74. The fourth-order valence-electron chi connectivity index (χ4n) is 1.88. The summed E-state index contributed by atoms with van der Waals surface area (Å²) in [5.74, 6) is 1.10. The Kier molecular flexibility index (Phi) is 4.36. The summed E-state index contributed by atoms with van der Waals surface area (Å²) in [5.41, 5.74) is 0.653. The Balaban J connectivity index is 1.58. The third-order valence-electron chi connectivity index (χ3n) is 2.89. The number of nitrogens with zero attached hydrogens (tertiary/aromatic N) is 1. The molecule has 0 aliphatic carbocycles. The van der Waals surface area contributed by atoms with Crippen LogP contribution >= 0.6 is 11.3 Å². The third kappa shape index (κ3) is 3.26. The van der Waals surface area contributed by atoms with Crippen molar-refractivity contribution in [1.29, 1.82) is 0 Å². The molecule has 3 heterocycles. The van der Waals surface area contributed by atoms with Crippen molar-refractivity contribution in [3.8, 4) is 10.8 Å². The van der Waals surface area contributed by atoms with Crippen LogP contribution in [0, 0.1) is 0 Å². The van der Waals surface area contributed by atoms with Crippen LogP contribution < -0.4 is 5.32 Å². The molecule has 1 amide bonds. The lowest BCUT2D eigenvalue weighted by atomic mass is 10.4. The average Bonchev–Trinajstić information content (AvgIpc) is 3.25. The van der Waals surface area contributed by atoms with Gasteiger partial charge in [0.25, 0.3) is 5.91 Å². The van der Waals surface area contributed by atoms with E-state index in [9.17, 15) is 4.79 Å². The lowest BCUT2D eigenvalue weighted by molar-refractivity contribution is 0.0914. The van der Waals surface area contributed by atoms with E-state index in [0.717, 1.165) is 4.88 Å². The van der Waals surface area contributed by atoms with Crippen LogP contribution in [0.1, 0.15) is 22.0 Å². The van der Waals surface area contributed by atoms with Crippen LogP contribution in [0.25, 0.3) is 10.8 Å². The molecule has 22 heavy (non-hydrogen) atoms. The maximum Gasteiger partial charge on any atom is 0.287 e. The summed E-state index contributed by atoms with van der Waals surface area (Å²) in [4.78, 5) is 17.3. The number of methoxy groups -OCH3 is 1. The van der Waals surface area contributed by atoms with Gasteiger partial charge in [0.2, 0.25) is 5.89 Å². The fraction of sp³-hybridized carbons (Fsp3) is 0.200. The van der Waals surface area contributed by atoms with Crippen LogP contribution in [-0.4, -0.2) is 18.0 Å². The maximum absolute atomic E-state index is 12.0. The van der Waals surface area contributed by atoms with Crippen molar-refractivity contribution < 1.29 is 18.4 Å². The standard InChI is InChI=1S/C15H14N2O4S/c1-19-9-11-4-5-12(21-11)14(18)16-7-10-8-20-15(17-10)13-3-2-6-22-13/h2-6,8H,7,9H2,1H3,(H,16,18). The molecule has 0 saturated heterocycles. The van der Waals surface area contributed by atoms with E-state index in [2.05, 4.69) is 10.3 Å². The van der Waals surface area contributed by atoms with Gasteiger partial charge >= 0.3 is 0 Å². The summed E-state index contributed by atoms with van der Waals surface area (Å²) < 4.78 is 15.7. The van der Waals surface area contributed by atoms with E-state index in [4.69, 9.17) is 13.6 Å². The molecule has 3 rings (SSSR count). The Bertz CT molecular complexity index is 745. The monoisotopic (exact) mass is 318 g/mol. The Labute approximate surface area is 130 Å². The quantitative estimate of drug-likeness (QED) is 0.756. The number of nitrogens with one attached hydrogen (secondary N) is 1. The first kappa shape index (κ1) is 14.6. The van der Waals surface area contributed by atoms with E-state index in [1.807, 2.05) is 17.5 Å². The SMILES string of the molecule is COCc1ccc(C(=O)NCc2coc(-c3cccs3)n2)o1. The highest BCUT2D eigenvalue weighted by atomic mass is 32.1. The van der Waals surface area contributed by atoms with Gasteiger partial charge in [-0.2, -0.15) is 0 Å². The second-order valence-corrected chi connectivity index (χ2v) is 5.45. The molecular formula is C15H14N2O4S. The molecule has 0 aliphatic heterocycles. The van der Waals surface area contributed by atoms with Gasteiger partial charge in [-0.1, -0.05) is 6.07 Å². The molecule has 0 bridgehead atoms. The topological polar surface area (TPSA) is 77.5 Å². The molecule has 0 saturated carbocycles. The van der Waals surface area contributed by atoms with Gasteiger partial charge in [-0.05, 0) is 23.6 Å². The van der Waals surface area contributed by atoms with Crippen LogP contribution in [0.3, 0.4) is 0 Å². The first-order chi connectivity index (χ1) is 10.8. The zero-order chi connectivity index (χ0) is 15.4. The van der Waals surface area contributed by atoms with E-state index >= 15 is 0 Å². The number of thiophene rings is 1. The van der Waals surface area contributed by atoms with E-state index < -0.39 is 0 Å². The zero-order valence-electron chi connectivity index (χ0n) is 11.9. The lowest BCUT2D eigenvalue weighted by Gasteiger charge is -1.99. The minimum atomic E-state index is -0.303.